The van der Waals surface area contributed by atoms with Gasteiger partial charge in [0.15, 0.2) is 11.5 Å². The maximum Gasteiger partial charge on any atom is 0.166 e. The van der Waals surface area contributed by atoms with Crippen molar-refractivity contribution in [2.24, 2.45) is 0 Å². The summed E-state index contributed by atoms with van der Waals surface area (Å²) in [6, 6.07) is 6.01. The third-order valence-electron chi connectivity index (χ3n) is 2.77. The van der Waals surface area contributed by atoms with E-state index < -0.39 is 0 Å². The minimum Gasteiger partial charge on any atom is -0.490 e. The van der Waals surface area contributed by atoms with Crippen molar-refractivity contribution in [2.75, 3.05) is 13.2 Å². The quantitative estimate of drug-likeness (QED) is 0.811. The summed E-state index contributed by atoms with van der Waals surface area (Å²) in [6.07, 6.45) is 1.83. The molecule has 0 saturated carbocycles. The lowest BCUT2D eigenvalue weighted by molar-refractivity contribution is 0.268. The average Bonchev–Trinajstić information content (AvgIpc) is 2.97. The molecule has 4 nitrogen and oxygen atoms in total. The number of thiazole rings is 1. The Morgan fingerprint density at radius 2 is 2.15 bits per heavy atom. The molecule has 0 amide bonds. The highest BCUT2D eigenvalue weighted by atomic mass is 32.1. The highest BCUT2D eigenvalue weighted by Crippen LogP contribution is 2.32. The van der Waals surface area contributed by atoms with E-state index in [2.05, 4.69) is 23.3 Å². The van der Waals surface area contributed by atoms with Crippen molar-refractivity contribution >= 4 is 11.3 Å². The molecule has 0 radical (unpaired) electrons. The Morgan fingerprint density at radius 1 is 1.25 bits per heavy atom. The van der Waals surface area contributed by atoms with Gasteiger partial charge in [-0.25, -0.2) is 0 Å². The first-order valence-corrected chi connectivity index (χ1v) is 7.68. The van der Waals surface area contributed by atoms with Crippen molar-refractivity contribution in [1.82, 2.24) is 10.3 Å². The Morgan fingerprint density at radius 3 is 2.85 bits per heavy atom. The summed E-state index contributed by atoms with van der Waals surface area (Å²) < 4.78 is 11.6. The first-order chi connectivity index (χ1) is 9.85. The first-order valence-electron chi connectivity index (χ1n) is 6.80. The number of aromatic nitrogens is 1. The molecule has 1 aromatic carbocycles. The van der Waals surface area contributed by atoms with Crippen molar-refractivity contribution in [2.45, 2.75) is 27.0 Å². The summed E-state index contributed by atoms with van der Waals surface area (Å²) in [5.74, 6) is 1.62. The zero-order chi connectivity index (χ0) is 14.2. The van der Waals surface area contributed by atoms with Crippen LogP contribution < -0.4 is 14.8 Å². The van der Waals surface area contributed by atoms with Crippen molar-refractivity contribution in [3.8, 4) is 11.5 Å². The summed E-state index contributed by atoms with van der Waals surface area (Å²) in [5.41, 5.74) is 2.93. The standard InChI is InChI=1S/C15H20N2O2S/c1-3-16-8-12-6-5-7-14(18-4-2)15(12)19-10-13-9-17-11-20-13/h5-7,9,11,16H,3-4,8,10H2,1-2H3. The molecule has 1 aromatic heterocycles. The van der Waals surface area contributed by atoms with Crippen LogP contribution >= 0.6 is 11.3 Å². The molecule has 0 unspecified atom stereocenters. The normalized spacial score (nSPS) is 10.5. The summed E-state index contributed by atoms with van der Waals surface area (Å²) in [5, 5.41) is 3.32. The molecule has 0 fully saturated rings. The summed E-state index contributed by atoms with van der Waals surface area (Å²) in [4.78, 5) is 5.16. The van der Waals surface area contributed by atoms with Gasteiger partial charge in [-0.3, -0.25) is 4.98 Å². The Hall–Kier alpha value is -1.59. The number of rotatable bonds is 8. The predicted molar refractivity (Wildman–Crippen MR) is 81.4 cm³/mol. The molecule has 2 rings (SSSR count). The number of hydrogen-bond donors (Lipinski definition) is 1. The molecular formula is C15H20N2O2S. The lowest BCUT2D eigenvalue weighted by atomic mass is 10.2. The van der Waals surface area contributed by atoms with Gasteiger partial charge in [0.1, 0.15) is 6.61 Å². The molecule has 0 aliphatic carbocycles. The van der Waals surface area contributed by atoms with Crippen LogP contribution in [0, 0.1) is 0 Å². The fraction of sp³-hybridized carbons (Fsp3) is 0.400. The monoisotopic (exact) mass is 292 g/mol. The van der Waals surface area contributed by atoms with E-state index >= 15 is 0 Å². The summed E-state index contributed by atoms with van der Waals surface area (Å²) in [6.45, 7) is 6.91. The Bertz CT molecular complexity index is 515. The van der Waals surface area contributed by atoms with Gasteiger partial charge in [0.25, 0.3) is 0 Å². The van der Waals surface area contributed by atoms with Gasteiger partial charge in [-0.2, -0.15) is 0 Å². The van der Waals surface area contributed by atoms with E-state index in [-0.39, 0.29) is 0 Å². The van der Waals surface area contributed by atoms with Gasteiger partial charge in [0.05, 0.1) is 17.0 Å². The fourth-order valence-corrected chi connectivity index (χ4v) is 2.36. The Labute approximate surface area is 123 Å². The largest absolute Gasteiger partial charge is 0.490 e. The van der Waals surface area contributed by atoms with Crippen LogP contribution in [-0.2, 0) is 13.2 Å². The van der Waals surface area contributed by atoms with Crippen molar-refractivity contribution in [3.05, 3.63) is 40.3 Å². The van der Waals surface area contributed by atoms with Crippen LogP contribution in [0.15, 0.2) is 29.9 Å². The molecule has 0 saturated heterocycles. The average molecular weight is 292 g/mol. The van der Waals surface area contributed by atoms with Gasteiger partial charge in [0.2, 0.25) is 0 Å². The van der Waals surface area contributed by atoms with E-state index in [1.807, 2.05) is 30.8 Å². The summed E-state index contributed by atoms with van der Waals surface area (Å²) >= 11 is 1.59. The second-order valence-corrected chi connectivity index (χ2v) is 5.19. The zero-order valence-electron chi connectivity index (χ0n) is 11.9. The molecule has 0 aliphatic heterocycles. The number of nitrogens with one attached hydrogen (secondary N) is 1. The second-order valence-electron chi connectivity index (χ2n) is 4.21. The SMILES string of the molecule is CCNCc1cccc(OCC)c1OCc1cncs1. The molecule has 5 heteroatoms. The van der Waals surface area contributed by atoms with Gasteiger partial charge in [-0.1, -0.05) is 19.1 Å². The molecular weight excluding hydrogens is 272 g/mol. The number of ether oxygens (including phenoxy) is 2. The number of benzene rings is 1. The maximum atomic E-state index is 5.97. The van der Waals surface area contributed by atoms with Gasteiger partial charge in [-0.15, -0.1) is 11.3 Å². The zero-order valence-corrected chi connectivity index (χ0v) is 12.7. The molecule has 0 atom stereocenters. The fourth-order valence-electron chi connectivity index (χ4n) is 1.85. The third-order valence-corrected chi connectivity index (χ3v) is 3.52. The van der Waals surface area contributed by atoms with Gasteiger partial charge < -0.3 is 14.8 Å². The smallest absolute Gasteiger partial charge is 0.166 e. The van der Waals surface area contributed by atoms with Crippen LogP contribution in [0.4, 0.5) is 0 Å². The van der Waals surface area contributed by atoms with Crippen LogP contribution in [0.5, 0.6) is 11.5 Å². The second kappa shape index (κ2) is 7.87. The lowest BCUT2D eigenvalue weighted by Crippen LogP contribution is -2.13. The molecule has 0 bridgehead atoms. The molecule has 108 valence electrons. The van der Waals surface area contributed by atoms with E-state index in [4.69, 9.17) is 9.47 Å². The van der Waals surface area contributed by atoms with Gasteiger partial charge >= 0.3 is 0 Å². The van der Waals surface area contributed by atoms with E-state index in [1.54, 1.807) is 11.3 Å². The molecule has 2 aromatic rings. The van der Waals surface area contributed by atoms with Crippen molar-refractivity contribution in [3.63, 3.8) is 0 Å². The van der Waals surface area contributed by atoms with Crippen LogP contribution in [-0.4, -0.2) is 18.1 Å². The highest BCUT2D eigenvalue weighted by molar-refractivity contribution is 7.09. The van der Waals surface area contributed by atoms with E-state index in [0.29, 0.717) is 13.2 Å². The number of nitrogens with zero attached hydrogens (tertiary/aromatic N) is 1. The van der Waals surface area contributed by atoms with Crippen LogP contribution in [0.3, 0.4) is 0 Å². The molecule has 0 aliphatic rings. The van der Waals surface area contributed by atoms with Crippen LogP contribution in [0.1, 0.15) is 24.3 Å². The highest BCUT2D eigenvalue weighted by Gasteiger charge is 2.11. The van der Waals surface area contributed by atoms with Crippen molar-refractivity contribution in [1.29, 1.82) is 0 Å². The molecule has 20 heavy (non-hydrogen) atoms. The summed E-state index contributed by atoms with van der Waals surface area (Å²) in [7, 11) is 0. The Balaban J connectivity index is 2.16. The van der Waals surface area contributed by atoms with Gasteiger partial charge in [0, 0.05) is 18.3 Å². The first kappa shape index (κ1) is 14.8. The third kappa shape index (κ3) is 3.95. The number of hydrogen-bond acceptors (Lipinski definition) is 5. The predicted octanol–water partition coefficient (Wildman–Crippen LogP) is 3.23. The van der Waals surface area contributed by atoms with Gasteiger partial charge in [-0.05, 0) is 19.5 Å². The van der Waals surface area contributed by atoms with Crippen LogP contribution in [0.25, 0.3) is 0 Å². The Kier molecular flexibility index (Phi) is 5.83. The maximum absolute atomic E-state index is 5.97. The topological polar surface area (TPSA) is 43.4 Å². The minimum atomic E-state index is 0.522. The lowest BCUT2D eigenvalue weighted by Gasteiger charge is -2.15. The molecule has 1 heterocycles. The van der Waals surface area contributed by atoms with E-state index in [9.17, 15) is 0 Å². The molecule has 1 N–H and O–H groups in total. The van der Waals surface area contributed by atoms with E-state index in [1.165, 1.54) is 0 Å². The number of para-hydroxylation sites is 1. The minimum absolute atomic E-state index is 0.522. The molecule has 0 spiro atoms. The van der Waals surface area contributed by atoms with Crippen molar-refractivity contribution < 1.29 is 9.47 Å². The van der Waals surface area contributed by atoms with E-state index in [0.717, 1.165) is 35.0 Å². The van der Waals surface area contributed by atoms with Crippen LogP contribution in [0.2, 0.25) is 0 Å².